The van der Waals surface area contributed by atoms with Gasteiger partial charge in [0.2, 0.25) is 0 Å². The van der Waals surface area contributed by atoms with Crippen LogP contribution in [0.3, 0.4) is 0 Å². The molecular weight excluding hydrogens is 390 g/mol. The van der Waals surface area contributed by atoms with E-state index in [1.54, 1.807) is 0 Å². The van der Waals surface area contributed by atoms with Crippen molar-refractivity contribution in [3.05, 3.63) is 35.4 Å². The Labute approximate surface area is 166 Å². The van der Waals surface area contributed by atoms with Gasteiger partial charge < -0.3 is 14.9 Å². The van der Waals surface area contributed by atoms with Gasteiger partial charge in [0.05, 0.1) is 6.04 Å². The number of hydrogen-bond acceptors (Lipinski definition) is 5. The van der Waals surface area contributed by atoms with Crippen LogP contribution in [0.5, 0.6) is 0 Å². The number of ether oxygens (including phenoxy) is 1. The Bertz CT molecular complexity index is 753. The van der Waals surface area contributed by atoms with E-state index in [4.69, 9.17) is 4.74 Å². The average Bonchev–Trinajstić information content (AvgIpc) is 2.92. The van der Waals surface area contributed by atoms with Gasteiger partial charge in [-0.15, -0.1) is 0 Å². The third kappa shape index (κ3) is 6.38. The monoisotopic (exact) mass is 414 g/mol. The van der Waals surface area contributed by atoms with Gasteiger partial charge in [-0.05, 0) is 36.5 Å². The first-order chi connectivity index (χ1) is 13.6. The number of carbonyl (C=O) groups is 3. The fraction of sp³-hybridized carbons (Fsp3) is 0.526. The second-order valence-electron chi connectivity index (χ2n) is 7.45. The van der Waals surface area contributed by atoms with Crippen LogP contribution in [0.15, 0.2) is 18.2 Å². The van der Waals surface area contributed by atoms with E-state index in [-0.39, 0.29) is 37.5 Å². The smallest absolute Gasteiger partial charge is 0.410 e. The van der Waals surface area contributed by atoms with Gasteiger partial charge in [0.25, 0.3) is 0 Å². The molecule has 8 nitrogen and oxygen atoms in total. The van der Waals surface area contributed by atoms with Crippen LogP contribution < -0.4 is 5.32 Å². The van der Waals surface area contributed by atoms with Gasteiger partial charge in [0.15, 0.2) is 0 Å². The van der Waals surface area contributed by atoms with Crippen molar-refractivity contribution in [3.8, 4) is 0 Å². The minimum atomic E-state index is -1.27. The summed E-state index contributed by atoms with van der Waals surface area (Å²) in [7, 11) is 0. The molecule has 160 valence electrons. The predicted octanol–water partition coefficient (Wildman–Crippen LogP) is 2.22. The molecule has 0 spiro atoms. The minimum absolute atomic E-state index is 0.0220. The van der Waals surface area contributed by atoms with E-state index >= 15 is 0 Å². The number of carboxylic acid groups (broad SMARTS) is 2. The average molecular weight is 414 g/mol. The van der Waals surface area contributed by atoms with Crippen LogP contribution in [0, 0.1) is 17.6 Å². The van der Waals surface area contributed by atoms with E-state index in [1.807, 2.05) is 13.8 Å². The zero-order valence-corrected chi connectivity index (χ0v) is 16.1. The SMILES string of the molecule is CC(C)CC(NC(CC1COC(=O)N1Cc1cc(F)cc(F)c1)C(=O)O)C(=O)O. The van der Waals surface area contributed by atoms with Crippen LogP contribution in [0.2, 0.25) is 0 Å². The maximum atomic E-state index is 13.4. The molecule has 1 heterocycles. The highest BCUT2D eigenvalue weighted by molar-refractivity contribution is 5.78. The Morgan fingerprint density at radius 1 is 1.17 bits per heavy atom. The van der Waals surface area contributed by atoms with E-state index in [2.05, 4.69) is 5.32 Å². The van der Waals surface area contributed by atoms with Crippen LogP contribution >= 0.6 is 0 Å². The normalized spacial score (nSPS) is 18.6. The van der Waals surface area contributed by atoms with E-state index in [1.165, 1.54) is 4.90 Å². The van der Waals surface area contributed by atoms with Crippen LogP contribution in [0.25, 0.3) is 0 Å². The number of aliphatic carboxylic acids is 2. The number of nitrogens with one attached hydrogen (secondary N) is 1. The van der Waals surface area contributed by atoms with Crippen LogP contribution in [-0.4, -0.2) is 57.9 Å². The third-order valence-corrected chi connectivity index (χ3v) is 4.56. The van der Waals surface area contributed by atoms with Gasteiger partial charge in [0.1, 0.15) is 30.3 Å². The molecule has 1 fully saturated rings. The molecule has 1 aromatic rings. The lowest BCUT2D eigenvalue weighted by Crippen LogP contribution is -2.50. The summed E-state index contributed by atoms with van der Waals surface area (Å²) in [5.41, 5.74) is 0.189. The summed E-state index contributed by atoms with van der Waals surface area (Å²) in [6, 6.07) is -0.172. The van der Waals surface area contributed by atoms with Gasteiger partial charge in [-0.3, -0.25) is 19.8 Å². The Hall–Kier alpha value is -2.75. The van der Waals surface area contributed by atoms with E-state index in [0.717, 1.165) is 12.1 Å². The Morgan fingerprint density at radius 3 is 2.28 bits per heavy atom. The predicted molar refractivity (Wildman–Crippen MR) is 97.1 cm³/mol. The second-order valence-corrected chi connectivity index (χ2v) is 7.45. The number of amides is 1. The van der Waals surface area contributed by atoms with E-state index in [9.17, 15) is 33.4 Å². The van der Waals surface area contributed by atoms with Crippen LogP contribution in [0.4, 0.5) is 13.6 Å². The molecular formula is C19H24F2N2O6. The molecule has 0 aromatic heterocycles. The molecule has 3 atom stereocenters. The molecule has 3 unspecified atom stereocenters. The Morgan fingerprint density at radius 2 is 1.76 bits per heavy atom. The first-order valence-electron chi connectivity index (χ1n) is 9.16. The molecule has 10 heteroatoms. The van der Waals surface area contributed by atoms with Crippen LogP contribution in [-0.2, 0) is 20.9 Å². The van der Waals surface area contributed by atoms with Crippen molar-refractivity contribution >= 4 is 18.0 Å². The lowest BCUT2D eigenvalue weighted by Gasteiger charge is -2.27. The topological polar surface area (TPSA) is 116 Å². The van der Waals surface area contributed by atoms with Gasteiger partial charge in [-0.25, -0.2) is 13.6 Å². The fourth-order valence-electron chi connectivity index (χ4n) is 3.24. The van der Waals surface area contributed by atoms with Crippen molar-refractivity contribution in [1.29, 1.82) is 0 Å². The van der Waals surface area contributed by atoms with Crippen molar-refractivity contribution < 1.29 is 38.1 Å². The number of hydrogen-bond donors (Lipinski definition) is 3. The highest BCUT2D eigenvalue weighted by Gasteiger charge is 2.37. The molecule has 1 aliphatic rings. The standard InChI is InChI=1S/C19H24F2N2O6/c1-10(2)3-15(17(24)25)22-16(18(26)27)7-14-9-29-19(28)23(14)8-11-4-12(20)6-13(21)5-11/h4-6,10,14-16,22H,3,7-9H2,1-2H3,(H,24,25)(H,26,27). The summed E-state index contributed by atoms with van der Waals surface area (Å²) in [4.78, 5) is 36.3. The molecule has 0 aliphatic carbocycles. The number of halogens is 2. The number of benzene rings is 1. The zero-order valence-electron chi connectivity index (χ0n) is 16.1. The van der Waals surface area contributed by atoms with Gasteiger partial charge >= 0.3 is 18.0 Å². The van der Waals surface area contributed by atoms with Crippen molar-refractivity contribution in [2.75, 3.05) is 6.61 Å². The van der Waals surface area contributed by atoms with Crippen molar-refractivity contribution in [2.45, 2.75) is 51.4 Å². The molecule has 3 N–H and O–H groups in total. The summed E-state index contributed by atoms with van der Waals surface area (Å²) in [5, 5.41) is 21.5. The van der Waals surface area contributed by atoms with Gasteiger partial charge in [-0.2, -0.15) is 0 Å². The Kier molecular flexibility index (Phi) is 7.49. The molecule has 0 radical (unpaired) electrons. The molecule has 1 amide bonds. The number of carboxylic acids is 2. The number of nitrogens with zero attached hydrogens (tertiary/aromatic N) is 1. The lowest BCUT2D eigenvalue weighted by molar-refractivity contribution is -0.143. The molecule has 29 heavy (non-hydrogen) atoms. The highest BCUT2D eigenvalue weighted by atomic mass is 19.1. The third-order valence-electron chi connectivity index (χ3n) is 4.56. The number of rotatable bonds is 10. The summed E-state index contributed by atoms with van der Waals surface area (Å²) >= 11 is 0. The molecule has 2 rings (SSSR count). The first kappa shape index (κ1) is 22.5. The summed E-state index contributed by atoms with van der Waals surface area (Å²) in [6.45, 7) is 3.36. The molecule has 0 bridgehead atoms. The van der Waals surface area contributed by atoms with Crippen molar-refractivity contribution in [1.82, 2.24) is 10.2 Å². The van der Waals surface area contributed by atoms with E-state index < -0.39 is 47.8 Å². The quantitative estimate of drug-likeness (QED) is 0.538. The zero-order chi connectivity index (χ0) is 21.7. The molecule has 1 aliphatic heterocycles. The maximum Gasteiger partial charge on any atom is 0.410 e. The molecule has 1 aromatic carbocycles. The maximum absolute atomic E-state index is 13.4. The Balaban J connectivity index is 2.13. The van der Waals surface area contributed by atoms with Crippen molar-refractivity contribution in [2.24, 2.45) is 5.92 Å². The second kappa shape index (κ2) is 9.64. The van der Waals surface area contributed by atoms with Gasteiger partial charge in [-0.1, -0.05) is 13.8 Å². The summed E-state index contributed by atoms with van der Waals surface area (Å²) in [6.07, 6.45) is -0.632. The number of cyclic esters (lactones) is 1. The summed E-state index contributed by atoms with van der Waals surface area (Å²) < 4.78 is 31.8. The first-order valence-corrected chi connectivity index (χ1v) is 9.16. The lowest BCUT2D eigenvalue weighted by atomic mass is 10.0. The fourth-order valence-corrected chi connectivity index (χ4v) is 3.24. The van der Waals surface area contributed by atoms with Gasteiger partial charge in [0, 0.05) is 12.6 Å². The minimum Gasteiger partial charge on any atom is -0.480 e. The van der Waals surface area contributed by atoms with E-state index in [0.29, 0.717) is 6.07 Å². The highest BCUT2D eigenvalue weighted by Crippen LogP contribution is 2.22. The largest absolute Gasteiger partial charge is 0.480 e. The number of carbonyl (C=O) groups excluding carboxylic acids is 1. The molecule has 0 saturated carbocycles. The molecule has 1 saturated heterocycles. The van der Waals surface area contributed by atoms with Crippen LogP contribution in [0.1, 0.15) is 32.3 Å². The summed E-state index contributed by atoms with van der Waals surface area (Å²) in [5.74, 6) is -4.01. The van der Waals surface area contributed by atoms with Crippen molar-refractivity contribution in [3.63, 3.8) is 0 Å².